The SMILES string of the molecule is CCN(CCCN(C)C)C(=O)C(C)(CC)C(N)=S. The van der Waals surface area contributed by atoms with Crippen molar-refractivity contribution in [2.24, 2.45) is 11.1 Å². The first kappa shape index (κ1) is 17.3. The summed E-state index contributed by atoms with van der Waals surface area (Å²) >= 11 is 5.05. The van der Waals surface area contributed by atoms with Gasteiger partial charge in [-0.1, -0.05) is 19.1 Å². The van der Waals surface area contributed by atoms with Crippen LogP contribution in [0.2, 0.25) is 0 Å². The molecule has 5 heteroatoms. The molecule has 0 saturated carbocycles. The summed E-state index contributed by atoms with van der Waals surface area (Å²) in [4.78, 5) is 16.8. The maximum atomic E-state index is 12.5. The van der Waals surface area contributed by atoms with Crippen molar-refractivity contribution in [2.45, 2.75) is 33.6 Å². The molecule has 1 atom stereocenters. The zero-order valence-electron chi connectivity index (χ0n) is 12.3. The van der Waals surface area contributed by atoms with Crippen LogP contribution in [0.15, 0.2) is 0 Å². The van der Waals surface area contributed by atoms with E-state index in [4.69, 9.17) is 18.0 Å². The fraction of sp³-hybridized carbons (Fsp3) is 0.846. The molecule has 0 aliphatic carbocycles. The topological polar surface area (TPSA) is 49.6 Å². The largest absolute Gasteiger partial charge is 0.392 e. The van der Waals surface area contributed by atoms with E-state index in [1.807, 2.05) is 39.8 Å². The maximum Gasteiger partial charge on any atom is 0.235 e. The van der Waals surface area contributed by atoms with Crippen LogP contribution in [-0.2, 0) is 4.79 Å². The Hall–Kier alpha value is -0.680. The van der Waals surface area contributed by atoms with Gasteiger partial charge in [-0.05, 0) is 47.3 Å². The molecule has 0 bridgehead atoms. The van der Waals surface area contributed by atoms with E-state index in [9.17, 15) is 4.79 Å². The monoisotopic (exact) mass is 273 g/mol. The maximum absolute atomic E-state index is 12.5. The fourth-order valence-electron chi connectivity index (χ4n) is 1.76. The van der Waals surface area contributed by atoms with Gasteiger partial charge in [-0.2, -0.15) is 0 Å². The Labute approximate surface area is 116 Å². The number of carbonyl (C=O) groups is 1. The second-order valence-electron chi connectivity index (χ2n) is 5.09. The molecular formula is C13H27N3OS. The molecule has 0 aromatic heterocycles. The summed E-state index contributed by atoms with van der Waals surface area (Å²) < 4.78 is 0. The Balaban J connectivity index is 4.64. The summed E-state index contributed by atoms with van der Waals surface area (Å²) in [5.74, 6) is 0.0544. The summed E-state index contributed by atoms with van der Waals surface area (Å²) in [6.45, 7) is 8.20. The minimum atomic E-state index is -0.705. The van der Waals surface area contributed by atoms with E-state index in [1.54, 1.807) is 0 Å². The van der Waals surface area contributed by atoms with Crippen LogP contribution < -0.4 is 5.73 Å². The Morgan fingerprint density at radius 1 is 1.28 bits per heavy atom. The van der Waals surface area contributed by atoms with E-state index in [2.05, 4.69) is 4.90 Å². The van der Waals surface area contributed by atoms with Crippen LogP contribution in [0.5, 0.6) is 0 Å². The van der Waals surface area contributed by atoms with Crippen molar-refractivity contribution in [1.29, 1.82) is 0 Å². The van der Waals surface area contributed by atoms with E-state index >= 15 is 0 Å². The predicted octanol–water partition coefficient (Wildman–Crippen LogP) is 1.49. The molecule has 0 heterocycles. The van der Waals surface area contributed by atoms with E-state index in [0.29, 0.717) is 18.0 Å². The highest BCUT2D eigenvalue weighted by Gasteiger charge is 2.37. The first-order chi connectivity index (χ1) is 8.29. The van der Waals surface area contributed by atoms with Gasteiger partial charge in [-0.25, -0.2) is 0 Å². The highest BCUT2D eigenvalue weighted by atomic mass is 32.1. The second kappa shape index (κ2) is 7.69. The summed E-state index contributed by atoms with van der Waals surface area (Å²) in [5, 5.41) is 0. The van der Waals surface area contributed by atoms with Crippen molar-refractivity contribution in [1.82, 2.24) is 9.80 Å². The molecule has 1 amide bonds. The number of thiocarbonyl (C=S) groups is 1. The summed E-state index contributed by atoms with van der Waals surface area (Å²) in [6.07, 6.45) is 1.61. The molecule has 106 valence electrons. The van der Waals surface area contributed by atoms with Crippen LogP contribution in [-0.4, -0.2) is 54.4 Å². The molecule has 0 radical (unpaired) electrons. The molecule has 0 aliphatic heterocycles. The Morgan fingerprint density at radius 3 is 2.17 bits per heavy atom. The lowest BCUT2D eigenvalue weighted by molar-refractivity contribution is -0.137. The lowest BCUT2D eigenvalue weighted by atomic mass is 9.85. The normalized spacial score (nSPS) is 14.3. The molecule has 0 saturated heterocycles. The van der Waals surface area contributed by atoms with Crippen LogP contribution in [0.4, 0.5) is 0 Å². The zero-order chi connectivity index (χ0) is 14.3. The van der Waals surface area contributed by atoms with Gasteiger partial charge in [0.05, 0.1) is 10.4 Å². The molecule has 4 nitrogen and oxygen atoms in total. The number of nitrogens with two attached hydrogens (primary N) is 1. The van der Waals surface area contributed by atoms with Crippen molar-refractivity contribution < 1.29 is 4.79 Å². The van der Waals surface area contributed by atoms with E-state index in [-0.39, 0.29) is 5.91 Å². The number of amides is 1. The number of nitrogens with zero attached hydrogens (tertiary/aromatic N) is 2. The average Bonchev–Trinajstić information content (AvgIpc) is 2.32. The minimum Gasteiger partial charge on any atom is -0.392 e. The molecular weight excluding hydrogens is 246 g/mol. The fourth-order valence-corrected chi connectivity index (χ4v) is 1.99. The van der Waals surface area contributed by atoms with Gasteiger partial charge < -0.3 is 15.5 Å². The smallest absolute Gasteiger partial charge is 0.235 e. The van der Waals surface area contributed by atoms with E-state index in [1.165, 1.54) is 0 Å². The van der Waals surface area contributed by atoms with Crippen LogP contribution in [0.3, 0.4) is 0 Å². The molecule has 0 fully saturated rings. The first-order valence-corrected chi connectivity index (χ1v) is 6.94. The van der Waals surface area contributed by atoms with Gasteiger partial charge in [0.25, 0.3) is 0 Å². The molecule has 0 aromatic carbocycles. The van der Waals surface area contributed by atoms with Gasteiger partial charge in [0, 0.05) is 13.1 Å². The van der Waals surface area contributed by atoms with Crippen molar-refractivity contribution in [3.8, 4) is 0 Å². The molecule has 0 aromatic rings. The lowest BCUT2D eigenvalue weighted by Crippen LogP contribution is -2.49. The highest BCUT2D eigenvalue weighted by molar-refractivity contribution is 7.80. The molecule has 2 N–H and O–H groups in total. The standard InChI is InChI=1S/C13H27N3OS/c1-6-13(3,11(14)18)12(17)16(7-2)10-8-9-15(4)5/h6-10H2,1-5H3,(H2,14,18). The molecule has 18 heavy (non-hydrogen) atoms. The molecule has 0 rings (SSSR count). The van der Waals surface area contributed by atoms with Crippen molar-refractivity contribution >= 4 is 23.1 Å². The quantitative estimate of drug-likeness (QED) is 0.681. The minimum absolute atomic E-state index is 0.0544. The predicted molar refractivity (Wildman–Crippen MR) is 80.6 cm³/mol. The average molecular weight is 273 g/mol. The van der Waals surface area contributed by atoms with Gasteiger partial charge >= 0.3 is 0 Å². The zero-order valence-corrected chi connectivity index (χ0v) is 13.1. The van der Waals surface area contributed by atoms with Crippen molar-refractivity contribution in [2.75, 3.05) is 33.7 Å². The number of rotatable bonds is 8. The number of hydrogen-bond donors (Lipinski definition) is 1. The lowest BCUT2D eigenvalue weighted by Gasteiger charge is -2.32. The van der Waals surface area contributed by atoms with Gasteiger partial charge in [0.2, 0.25) is 5.91 Å². The van der Waals surface area contributed by atoms with Crippen molar-refractivity contribution in [3.05, 3.63) is 0 Å². The Kier molecular flexibility index (Phi) is 7.40. The molecule has 1 unspecified atom stereocenters. The second-order valence-corrected chi connectivity index (χ2v) is 5.53. The highest BCUT2D eigenvalue weighted by Crippen LogP contribution is 2.24. The van der Waals surface area contributed by atoms with Crippen molar-refractivity contribution in [3.63, 3.8) is 0 Å². The van der Waals surface area contributed by atoms with Gasteiger partial charge in [0.15, 0.2) is 0 Å². The number of carbonyl (C=O) groups excluding carboxylic acids is 1. The van der Waals surface area contributed by atoms with Crippen LogP contribution in [0.1, 0.15) is 33.6 Å². The van der Waals surface area contributed by atoms with E-state index < -0.39 is 5.41 Å². The summed E-state index contributed by atoms with van der Waals surface area (Å²) in [6, 6.07) is 0. The summed E-state index contributed by atoms with van der Waals surface area (Å²) in [7, 11) is 4.06. The van der Waals surface area contributed by atoms with Crippen LogP contribution in [0, 0.1) is 5.41 Å². The van der Waals surface area contributed by atoms with Gasteiger partial charge in [-0.3, -0.25) is 4.79 Å². The third-order valence-electron chi connectivity index (χ3n) is 3.43. The van der Waals surface area contributed by atoms with E-state index in [0.717, 1.165) is 19.5 Å². The van der Waals surface area contributed by atoms with Crippen LogP contribution in [0.25, 0.3) is 0 Å². The summed E-state index contributed by atoms with van der Waals surface area (Å²) in [5.41, 5.74) is 5.02. The molecule has 0 aliphatic rings. The van der Waals surface area contributed by atoms with Gasteiger partial charge in [-0.15, -0.1) is 0 Å². The third-order valence-corrected chi connectivity index (χ3v) is 3.88. The Morgan fingerprint density at radius 2 is 1.83 bits per heavy atom. The Bertz CT molecular complexity index is 294. The van der Waals surface area contributed by atoms with Gasteiger partial charge in [0.1, 0.15) is 0 Å². The molecule has 0 spiro atoms. The third kappa shape index (κ3) is 4.53. The first-order valence-electron chi connectivity index (χ1n) is 6.53. The van der Waals surface area contributed by atoms with Crippen LogP contribution >= 0.6 is 12.2 Å². The number of hydrogen-bond acceptors (Lipinski definition) is 3.